The molecule has 0 radical (unpaired) electrons. The molecule has 3 aromatic rings. The third kappa shape index (κ3) is 1.48. The molecule has 0 fully saturated rings. The van der Waals surface area contributed by atoms with E-state index < -0.39 is 6.10 Å². The van der Waals surface area contributed by atoms with Crippen molar-refractivity contribution in [2.45, 2.75) is 6.10 Å². The number of aliphatic hydroxyl groups excluding tert-OH is 1. The van der Waals surface area contributed by atoms with E-state index in [1.165, 1.54) is 22.7 Å². The minimum atomic E-state index is -0.685. The number of thiazole rings is 1. The molecule has 0 spiro atoms. The van der Waals surface area contributed by atoms with Gasteiger partial charge in [-0.2, -0.15) is 0 Å². The number of imidazole rings is 1. The standard InChI is InChI=1S/C10H7ClN2OS2/c11-10-8(9(14)6-2-1-3-15-6)13-5-12-4-7(13)16-10/h1-5,9,14H. The lowest BCUT2D eigenvalue weighted by molar-refractivity contribution is 0.218. The van der Waals surface area contributed by atoms with Crippen LogP contribution in [0.3, 0.4) is 0 Å². The Bertz CT molecular complexity index is 614. The quantitative estimate of drug-likeness (QED) is 0.777. The topological polar surface area (TPSA) is 37.5 Å². The van der Waals surface area contributed by atoms with Crippen LogP contribution in [0.2, 0.25) is 4.34 Å². The smallest absolute Gasteiger partial charge is 0.131 e. The molecule has 0 aliphatic carbocycles. The van der Waals surface area contributed by atoms with Gasteiger partial charge in [-0.05, 0) is 11.4 Å². The van der Waals surface area contributed by atoms with Crippen molar-refractivity contribution in [1.29, 1.82) is 0 Å². The number of rotatable bonds is 2. The summed E-state index contributed by atoms with van der Waals surface area (Å²) in [4.78, 5) is 5.86. The summed E-state index contributed by atoms with van der Waals surface area (Å²) in [5.41, 5.74) is 0.696. The summed E-state index contributed by atoms with van der Waals surface area (Å²) in [7, 11) is 0. The van der Waals surface area contributed by atoms with Gasteiger partial charge in [-0.3, -0.25) is 4.40 Å². The average Bonchev–Trinajstić information content (AvgIpc) is 2.89. The number of halogens is 1. The van der Waals surface area contributed by atoms with Gasteiger partial charge in [-0.25, -0.2) is 4.98 Å². The number of hydrogen-bond donors (Lipinski definition) is 1. The van der Waals surface area contributed by atoms with Crippen LogP contribution >= 0.6 is 34.3 Å². The van der Waals surface area contributed by atoms with Crippen LogP contribution in [0.1, 0.15) is 16.7 Å². The van der Waals surface area contributed by atoms with Crippen molar-refractivity contribution in [3.05, 3.63) is 44.9 Å². The monoisotopic (exact) mass is 270 g/mol. The van der Waals surface area contributed by atoms with Crippen molar-refractivity contribution in [2.24, 2.45) is 0 Å². The first-order valence-electron chi connectivity index (χ1n) is 4.59. The molecule has 3 aromatic heterocycles. The highest BCUT2D eigenvalue weighted by molar-refractivity contribution is 7.21. The lowest BCUT2D eigenvalue weighted by Gasteiger charge is -2.07. The molecule has 6 heteroatoms. The molecule has 0 aliphatic rings. The molecule has 0 saturated heterocycles. The second kappa shape index (κ2) is 3.85. The van der Waals surface area contributed by atoms with Crippen molar-refractivity contribution in [1.82, 2.24) is 9.38 Å². The molecule has 0 amide bonds. The van der Waals surface area contributed by atoms with Gasteiger partial charge >= 0.3 is 0 Å². The fourth-order valence-electron chi connectivity index (χ4n) is 1.60. The SMILES string of the molecule is OC(c1cccs1)c1c(Cl)sc2cncn12. The van der Waals surface area contributed by atoms with Gasteiger partial charge in [-0.15, -0.1) is 22.7 Å². The van der Waals surface area contributed by atoms with E-state index in [4.69, 9.17) is 11.6 Å². The minimum Gasteiger partial charge on any atom is -0.381 e. The Morgan fingerprint density at radius 2 is 2.38 bits per heavy atom. The highest BCUT2D eigenvalue weighted by Crippen LogP contribution is 2.36. The summed E-state index contributed by atoms with van der Waals surface area (Å²) in [6.07, 6.45) is 2.72. The molecule has 1 atom stereocenters. The van der Waals surface area contributed by atoms with E-state index in [-0.39, 0.29) is 0 Å². The summed E-state index contributed by atoms with van der Waals surface area (Å²) in [5, 5.41) is 12.2. The van der Waals surface area contributed by atoms with Gasteiger partial charge in [0.25, 0.3) is 0 Å². The molecule has 0 bridgehead atoms. The number of nitrogens with zero attached hydrogens (tertiary/aromatic N) is 2. The van der Waals surface area contributed by atoms with E-state index in [1.54, 1.807) is 12.5 Å². The van der Waals surface area contributed by atoms with Gasteiger partial charge < -0.3 is 5.11 Å². The summed E-state index contributed by atoms with van der Waals surface area (Å²) in [6.45, 7) is 0. The Labute approximate surface area is 105 Å². The fraction of sp³-hybridized carbons (Fsp3) is 0.100. The molecule has 0 aliphatic heterocycles. The second-order valence-electron chi connectivity index (χ2n) is 3.28. The first-order chi connectivity index (χ1) is 7.77. The van der Waals surface area contributed by atoms with Gasteiger partial charge in [-0.1, -0.05) is 17.7 Å². The molecule has 3 heterocycles. The number of aromatic nitrogens is 2. The van der Waals surface area contributed by atoms with Crippen molar-refractivity contribution in [3.63, 3.8) is 0 Å². The maximum atomic E-state index is 10.3. The molecule has 1 N–H and O–H groups in total. The molecule has 3 nitrogen and oxygen atoms in total. The molecule has 0 saturated carbocycles. The van der Waals surface area contributed by atoms with E-state index in [0.717, 1.165) is 9.71 Å². The highest BCUT2D eigenvalue weighted by Gasteiger charge is 2.20. The molecule has 16 heavy (non-hydrogen) atoms. The van der Waals surface area contributed by atoms with E-state index in [2.05, 4.69) is 4.98 Å². The second-order valence-corrected chi connectivity index (χ2v) is 5.89. The highest BCUT2D eigenvalue weighted by atomic mass is 35.5. The average molecular weight is 271 g/mol. The van der Waals surface area contributed by atoms with Crippen LogP contribution in [0.15, 0.2) is 30.0 Å². The third-order valence-electron chi connectivity index (χ3n) is 2.33. The Hall–Kier alpha value is -0.880. The maximum absolute atomic E-state index is 10.3. The van der Waals surface area contributed by atoms with Crippen LogP contribution in [0.5, 0.6) is 0 Å². The van der Waals surface area contributed by atoms with Crippen LogP contribution < -0.4 is 0 Å². The number of aliphatic hydroxyl groups is 1. The van der Waals surface area contributed by atoms with Gasteiger partial charge in [0.1, 0.15) is 21.6 Å². The van der Waals surface area contributed by atoms with Crippen LogP contribution in [0.25, 0.3) is 4.83 Å². The minimum absolute atomic E-state index is 0.610. The van der Waals surface area contributed by atoms with Gasteiger partial charge in [0.05, 0.1) is 11.9 Å². The predicted octanol–water partition coefficient (Wildman–Crippen LogP) is 3.19. The zero-order valence-corrected chi connectivity index (χ0v) is 10.4. The Morgan fingerprint density at radius 3 is 3.12 bits per heavy atom. The molecular formula is C10H7ClN2OS2. The lowest BCUT2D eigenvalue weighted by Crippen LogP contribution is -2.01. The molecule has 0 aromatic carbocycles. The first-order valence-corrected chi connectivity index (χ1v) is 6.66. The van der Waals surface area contributed by atoms with Crippen LogP contribution in [-0.2, 0) is 0 Å². The Balaban J connectivity index is 2.17. The van der Waals surface area contributed by atoms with Crippen molar-refractivity contribution in [3.8, 4) is 0 Å². The molecule has 1 unspecified atom stereocenters. The maximum Gasteiger partial charge on any atom is 0.131 e. The third-order valence-corrected chi connectivity index (χ3v) is 4.58. The molecule has 3 rings (SSSR count). The predicted molar refractivity (Wildman–Crippen MR) is 66.5 cm³/mol. The van der Waals surface area contributed by atoms with Gasteiger partial charge in [0.15, 0.2) is 0 Å². The van der Waals surface area contributed by atoms with Gasteiger partial charge in [0.2, 0.25) is 0 Å². The number of thiophene rings is 1. The zero-order valence-electron chi connectivity index (χ0n) is 8.00. The number of hydrogen-bond acceptors (Lipinski definition) is 4. The number of fused-ring (bicyclic) bond motifs is 1. The van der Waals surface area contributed by atoms with Crippen molar-refractivity contribution < 1.29 is 5.11 Å². The van der Waals surface area contributed by atoms with Crippen molar-refractivity contribution >= 4 is 39.1 Å². The van der Waals surface area contributed by atoms with Gasteiger partial charge in [0, 0.05) is 4.88 Å². The zero-order chi connectivity index (χ0) is 11.1. The van der Waals surface area contributed by atoms with E-state index in [1.807, 2.05) is 21.9 Å². The summed E-state index contributed by atoms with van der Waals surface area (Å²) in [5.74, 6) is 0. The summed E-state index contributed by atoms with van der Waals surface area (Å²) in [6, 6.07) is 3.81. The normalized spacial score (nSPS) is 13.4. The fourth-order valence-corrected chi connectivity index (χ4v) is 3.60. The summed E-state index contributed by atoms with van der Waals surface area (Å²) < 4.78 is 2.44. The summed E-state index contributed by atoms with van der Waals surface area (Å²) >= 11 is 9.07. The first kappa shape index (κ1) is 10.3. The van der Waals surface area contributed by atoms with Crippen LogP contribution in [0.4, 0.5) is 0 Å². The van der Waals surface area contributed by atoms with E-state index >= 15 is 0 Å². The van der Waals surface area contributed by atoms with E-state index in [9.17, 15) is 5.11 Å². The molecule has 82 valence electrons. The van der Waals surface area contributed by atoms with Crippen LogP contribution in [-0.4, -0.2) is 14.5 Å². The van der Waals surface area contributed by atoms with Crippen molar-refractivity contribution in [2.75, 3.05) is 0 Å². The Morgan fingerprint density at radius 1 is 1.50 bits per heavy atom. The van der Waals surface area contributed by atoms with Crippen LogP contribution in [0, 0.1) is 0 Å². The lowest BCUT2D eigenvalue weighted by atomic mass is 10.2. The molecular weight excluding hydrogens is 264 g/mol. The van der Waals surface area contributed by atoms with E-state index in [0.29, 0.717) is 10.0 Å². The largest absolute Gasteiger partial charge is 0.381 e. The Kier molecular flexibility index (Phi) is 2.48.